The van der Waals surface area contributed by atoms with Crippen LogP contribution in [0.25, 0.3) is 0 Å². The molecule has 0 aliphatic heterocycles. The first-order chi connectivity index (χ1) is 7.22. The van der Waals surface area contributed by atoms with Crippen LogP contribution in [0.4, 0.5) is 0 Å². The van der Waals surface area contributed by atoms with E-state index in [0.717, 1.165) is 10.5 Å². The Kier molecular flexibility index (Phi) is 5.21. The molecule has 1 N–H and O–H groups in total. The fourth-order valence-electron chi connectivity index (χ4n) is 1.15. The van der Waals surface area contributed by atoms with Gasteiger partial charge >= 0.3 is 0 Å². The molecule has 1 rings (SSSR count). The van der Waals surface area contributed by atoms with Crippen LogP contribution in [0.2, 0.25) is 0 Å². The average molecular weight is 225 g/mol. The van der Waals surface area contributed by atoms with E-state index in [2.05, 4.69) is 17.9 Å². The normalized spacial score (nSPS) is 10.0. The molecule has 0 heterocycles. The summed E-state index contributed by atoms with van der Waals surface area (Å²) in [6, 6.07) is 7.55. The average Bonchev–Trinajstić information content (AvgIpc) is 2.22. The molecule has 3 nitrogen and oxygen atoms in total. The Morgan fingerprint density at radius 2 is 2.07 bits per heavy atom. The minimum atomic E-state index is 0.0129. The zero-order valence-electron chi connectivity index (χ0n) is 8.69. The zero-order valence-corrected chi connectivity index (χ0v) is 9.59. The van der Waals surface area contributed by atoms with Gasteiger partial charge in [0, 0.05) is 18.6 Å². The van der Waals surface area contributed by atoms with Crippen molar-refractivity contribution >= 4 is 18.5 Å². The first-order valence-corrected chi connectivity index (χ1v) is 5.20. The molecule has 0 atom stereocenters. The number of thiol groups is 1. The molecule has 4 heteroatoms. The summed E-state index contributed by atoms with van der Waals surface area (Å²) in [6.45, 7) is 1.10. The van der Waals surface area contributed by atoms with Crippen LogP contribution < -0.4 is 5.32 Å². The Labute approximate surface area is 95.2 Å². The number of nitrogens with one attached hydrogen (secondary N) is 1. The summed E-state index contributed by atoms with van der Waals surface area (Å²) in [6.07, 6.45) is 0.401. The number of hydrogen-bond donors (Lipinski definition) is 2. The van der Waals surface area contributed by atoms with Crippen molar-refractivity contribution in [3.63, 3.8) is 0 Å². The molecule has 1 aromatic rings. The van der Waals surface area contributed by atoms with Crippen molar-refractivity contribution in [2.24, 2.45) is 0 Å². The van der Waals surface area contributed by atoms with Gasteiger partial charge in [-0.3, -0.25) is 4.79 Å². The molecule has 82 valence electrons. The van der Waals surface area contributed by atoms with E-state index in [1.807, 2.05) is 24.3 Å². The van der Waals surface area contributed by atoms with E-state index in [0.29, 0.717) is 19.6 Å². The lowest BCUT2D eigenvalue weighted by molar-refractivity contribution is -0.120. The molecule has 0 saturated carbocycles. The quantitative estimate of drug-likeness (QED) is 0.585. The highest BCUT2D eigenvalue weighted by Gasteiger charge is 2.01. The Balaban J connectivity index is 2.34. The third kappa shape index (κ3) is 4.85. The van der Waals surface area contributed by atoms with Gasteiger partial charge in [-0.1, -0.05) is 12.1 Å². The molecule has 15 heavy (non-hydrogen) atoms. The van der Waals surface area contributed by atoms with E-state index in [4.69, 9.17) is 4.74 Å². The second-order valence-electron chi connectivity index (χ2n) is 3.19. The van der Waals surface area contributed by atoms with Gasteiger partial charge in [-0.25, -0.2) is 0 Å². The Morgan fingerprint density at radius 3 is 2.67 bits per heavy atom. The topological polar surface area (TPSA) is 38.3 Å². The minimum absolute atomic E-state index is 0.0129. The molecule has 0 aromatic heterocycles. The van der Waals surface area contributed by atoms with Crippen molar-refractivity contribution in [1.82, 2.24) is 5.32 Å². The van der Waals surface area contributed by atoms with Gasteiger partial charge < -0.3 is 10.1 Å². The minimum Gasteiger partial charge on any atom is -0.383 e. The van der Waals surface area contributed by atoms with Gasteiger partial charge in [0.15, 0.2) is 0 Å². The summed E-state index contributed by atoms with van der Waals surface area (Å²) in [5.41, 5.74) is 0.989. The van der Waals surface area contributed by atoms with E-state index in [9.17, 15) is 4.79 Å². The molecule has 1 aromatic carbocycles. The van der Waals surface area contributed by atoms with Crippen molar-refractivity contribution in [3.8, 4) is 0 Å². The standard InChI is InChI=1S/C11H15NO2S/c1-14-7-6-12-11(13)8-9-2-4-10(15)5-3-9/h2-5,15H,6-8H2,1H3,(H,12,13). The highest BCUT2D eigenvalue weighted by molar-refractivity contribution is 7.80. The number of amides is 1. The molecular formula is C11H15NO2S. The number of benzene rings is 1. The van der Waals surface area contributed by atoms with Crippen molar-refractivity contribution in [2.75, 3.05) is 20.3 Å². The monoisotopic (exact) mass is 225 g/mol. The van der Waals surface area contributed by atoms with E-state index in [1.54, 1.807) is 7.11 Å². The van der Waals surface area contributed by atoms with Crippen LogP contribution in [0.1, 0.15) is 5.56 Å². The van der Waals surface area contributed by atoms with Crippen molar-refractivity contribution in [3.05, 3.63) is 29.8 Å². The number of ether oxygens (including phenoxy) is 1. The van der Waals surface area contributed by atoms with Crippen molar-refractivity contribution in [2.45, 2.75) is 11.3 Å². The first-order valence-electron chi connectivity index (χ1n) is 4.76. The SMILES string of the molecule is COCCNC(=O)Cc1ccc(S)cc1. The summed E-state index contributed by atoms with van der Waals surface area (Å²) in [7, 11) is 1.61. The molecular weight excluding hydrogens is 210 g/mol. The van der Waals surface area contributed by atoms with Crippen LogP contribution in [0.5, 0.6) is 0 Å². The van der Waals surface area contributed by atoms with Crippen LogP contribution in [0.15, 0.2) is 29.2 Å². The predicted octanol–water partition coefficient (Wildman–Crippen LogP) is 1.28. The van der Waals surface area contributed by atoms with Crippen LogP contribution in [-0.2, 0) is 16.0 Å². The van der Waals surface area contributed by atoms with Crippen LogP contribution in [0.3, 0.4) is 0 Å². The Bertz CT molecular complexity index is 311. The molecule has 0 unspecified atom stereocenters. The first kappa shape index (κ1) is 12.1. The number of carbonyl (C=O) groups excluding carboxylic acids is 1. The lowest BCUT2D eigenvalue weighted by atomic mass is 10.1. The second-order valence-corrected chi connectivity index (χ2v) is 3.70. The number of hydrogen-bond acceptors (Lipinski definition) is 3. The molecule has 1 amide bonds. The lowest BCUT2D eigenvalue weighted by Crippen LogP contribution is -2.28. The molecule has 0 fully saturated rings. The highest BCUT2D eigenvalue weighted by Crippen LogP contribution is 2.07. The summed E-state index contributed by atoms with van der Waals surface area (Å²) in [5, 5.41) is 2.76. The Morgan fingerprint density at radius 1 is 1.40 bits per heavy atom. The largest absolute Gasteiger partial charge is 0.383 e. The lowest BCUT2D eigenvalue weighted by Gasteiger charge is -2.04. The van der Waals surface area contributed by atoms with Gasteiger partial charge in [0.2, 0.25) is 5.91 Å². The van der Waals surface area contributed by atoms with Crippen LogP contribution in [0, 0.1) is 0 Å². The fourth-order valence-corrected chi connectivity index (χ4v) is 1.30. The third-order valence-corrected chi connectivity index (χ3v) is 2.23. The van der Waals surface area contributed by atoms with E-state index in [-0.39, 0.29) is 5.91 Å². The van der Waals surface area contributed by atoms with Crippen molar-refractivity contribution in [1.29, 1.82) is 0 Å². The van der Waals surface area contributed by atoms with E-state index >= 15 is 0 Å². The second kappa shape index (κ2) is 6.48. The van der Waals surface area contributed by atoms with Gasteiger partial charge in [0.25, 0.3) is 0 Å². The molecule has 0 saturated heterocycles. The summed E-state index contributed by atoms with van der Waals surface area (Å²) < 4.78 is 4.83. The van der Waals surface area contributed by atoms with E-state index in [1.165, 1.54) is 0 Å². The van der Waals surface area contributed by atoms with Crippen molar-refractivity contribution < 1.29 is 9.53 Å². The van der Waals surface area contributed by atoms with Crippen LogP contribution in [-0.4, -0.2) is 26.2 Å². The molecule has 0 aliphatic carbocycles. The molecule has 0 radical (unpaired) electrons. The number of methoxy groups -OCH3 is 1. The van der Waals surface area contributed by atoms with Gasteiger partial charge in [0.1, 0.15) is 0 Å². The molecule has 0 aliphatic rings. The maximum Gasteiger partial charge on any atom is 0.224 e. The molecule has 0 bridgehead atoms. The van der Waals surface area contributed by atoms with Gasteiger partial charge in [-0.05, 0) is 17.7 Å². The highest BCUT2D eigenvalue weighted by atomic mass is 32.1. The smallest absolute Gasteiger partial charge is 0.224 e. The maximum absolute atomic E-state index is 11.4. The summed E-state index contributed by atoms with van der Waals surface area (Å²) >= 11 is 4.17. The zero-order chi connectivity index (χ0) is 11.1. The third-order valence-electron chi connectivity index (χ3n) is 1.93. The van der Waals surface area contributed by atoms with Gasteiger partial charge in [-0.15, -0.1) is 12.6 Å². The molecule has 0 spiro atoms. The summed E-state index contributed by atoms with van der Waals surface area (Å²) in [4.78, 5) is 12.3. The van der Waals surface area contributed by atoms with Crippen LogP contribution >= 0.6 is 12.6 Å². The maximum atomic E-state index is 11.4. The fraction of sp³-hybridized carbons (Fsp3) is 0.364. The Hall–Kier alpha value is -1.00. The number of rotatable bonds is 5. The predicted molar refractivity (Wildman–Crippen MR) is 62.3 cm³/mol. The summed E-state index contributed by atoms with van der Waals surface area (Å²) in [5.74, 6) is 0.0129. The van der Waals surface area contributed by atoms with Gasteiger partial charge in [0.05, 0.1) is 13.0 Å². The van der Waals surface area contributed by atoms with E-state index < -0.39 is 0 Å². The number of carbonyl (C=O) groups is 1. The van der Waals surface area contributed by atoms with Gasteiger partial charge in [-0.2, -0.15) is 0 Å².